The van der Waals surface area contributed by atoms with Crippen LogP contribution in [0.3, 0.4) is 0 Å². The number of hydrogen-bond donors (Lipinski definition) is 1. The summed E-state index contributed by atoms with van der Waals surface area (Å²) < 4.78 is 9.51. The summed E-state index contributed by atoms with van der Waals surface area (Å²) in [5, 5.41) is 2.69. The van der Waals surface area contributed by atoms with E-state index in [4.69, 9.17) is 4.74 Å². The number of carbonyl (C=O) groups excluding carboxylic acids is 3. The van der Waals surface area contributed by atoms with E-state index in [9.17, 15) is 14.4 Å². The number of nitrogens with one attached hydrogen (secondary N) is 1. The Labute approximate surface area is 135 Å². The second-order valence-corrected chi connectivity index (χ2v) is 4.81. The summed E-state index contributed by atoms with van der Waals surface area (Å²) in [7, 11) is 2.85. The van der Waals surface area contributed by atoms with Crippen molar-refractivity contribution in [2.75, 3.05) is 38.8 Å². The van der Waals surface area contributed by atoms with E-state index >= 15 is 0 Å². The molecule has 0 fully saturated rings. The number of rotatable bonds is 8. The molecule has 0 heterocycles. The van der Waals surface area contributed by atoms with Crippen LogP contribution in [0, 0.1) is 0 Å². The number of carbonyl (C=O) groups is 3. The molecule has 0 aliphatic heterocycles. The predicted molar refractivity (Wildman–Crippen MR) is 85.3 cm³/mol. The highest BCUT2D eigenvalue weighted by Gasteiger charge is 2.15. The Bertz CT molecular complexity index is 559. The first-order valence-electron chi connectivity index (χ1n) is 7.21. The predicted octanol–water partition coefficient (Wildman–Crippen LogP) is 0.979. The third-order valence-electron chi connectivity index (χ3n) is 3.15. The molecular formula is C16H22N2O5. The van der Waals surface area contributed by atoms with Crippen molar-refractivity contribution < 1.29 is 23.9 Å². The zero-order valence-electron chi connectivity index (χ0n) is 13.6. The third kappa shape index (κ3) is 6.07. The van der Waals surface area contributed by atoms with Crippen molar-refractivity contribution in [3.63, 3.8) is 0 Å². The molecular weight excluding hydrogens is 300 g/mol. The van der Waals surface area contributed by atoms with E-state index in [2.05, 4.69) is 10.1 Å². The second kappa shape index (κ2) is 9.58. The summed E-state index contributed by atoms with van der Waals surface area (Å²) in [5.41, 5.74) is 0.894. The average Bonchev–Trinajstić information content (AvgIpc) is 2.54. The number of methoxy groups -OCH3 is 2. The van der Waals surface area contributed by atoms with Gasteiger partial charge in [-0.1, -0.05) is 6.07 Å². The Morgan fingerprint density at radius 1 is 1.22 bits per heavy atom. The fourth-order valence-corrected chi connectivity index (χ4v) is 1.98. The van der Waals surface area contributed by atoms with Crippen LogP contribution in [0.1, 0.15) is 23.7 Å². The number of hydrogen-bond acceptors (Lipinski definition) is 5. The van der Waals surface area contributed by atoms with Crippen molar-refractivity contribution in [1.82, 2.24) is 5.32 Å². The fraction of sp³-hybridized carbons (Fsp3) is 0.438. The molecule has 1 rings (SSSR count). The summed E-state index contributed by atoms with van der Waals surface area (Å²) in [6.07, 6.45) is 0.158. The lowest BCUT2D eigenvalue weighted by Gasteiger charge is -2.21. The largest absolute Gasteiger partial charge is 0.465 e. The summed E-state index contributed by atoms with van der Waals surface area (Å²) in [4.78, 5) is 36.6. The van der Waals surface area contributed by atoms with Crippen LogP contribution in [0.5, 0.6) is 0 Å². The molecule has 0 saturated carbocycles. The van der Waals surface area contributed by atoms with Crippen LogP contribution in [-0.4, -0.2) is 51.7 Å². The summed E-state index contributed by atoms with van der Waals surface area (Å²) in [6.45, 7) is 2.49. The number of anilines is 1. The van der Waals surface area contributed by atoms with Gasteiger partial charge in [0.2, 0.25) is 11.8 Å². The summed E-state index contributed by atoms with van der Waals surface area (Å²) in [5.74, 6) is -0.859. The Morgan fingerprint density at radius 2 is 1.96 bits per heavy atom. The van der Waals surface area contributed by atoms with Gasteiger partial charge < -0.3 is 19.7 Å². The molecule has 0 bridgehead atoms. The molecule has 1 aromatic carbocycles. The van der Waals surface area contributed by atoms with Gasteiger partial charge in [-0.15, -0.1) is 0 Å². The molecule has 0 unspecified atom stereocenters. The van der Waals surface area contributed by atoms with Crippen molar-refractivity contribution in [3.8, 4) is 0 Å². The maximum atomic E-state index is 11.8. The van der Waals surface area contributed by atoms with Crippen LogP contribution in [0.25, 0.3) is 0 Å². The number of nitrogens with zero attached hydrogens (tertiary/aromatic N) is 1. The molecule has 7 heteroatoms. The smallest absolute Gasteiger partial charge is 0.337 e. The van der Waals surface area contributed by atoms with Crippen molar-refractivity contribution in [2.45, 2.75) is 13.3 Å². The van der Waals surface area contributed by atoms with Crippen molar-refractivity contribution >= 4 is 23.5 Å². The fourth-order valence-electron chi connectivity index (χ4n) is 1.98. The Morgan fingerprint density at radius 3 is 2.57 bits per heavy atom. The SMILES string of the molecule is COCCNC(=O)CCN(C(C)=O)c1cccc(C(=O)OC)c1. The molecule has 0 spiro atoms. The highest BCUT2D eigenvalue weighted by atomic mass is 16.5. The second-order valence-electron chi connectivity index (χ2n) is 4.81. The number of amides is 2. The minimum Gasteiger partial charge on any atom is -0.465 e. The molecule has 1 aromatic rings. The van der Waals surface area contributed by atoms with Gasteiger partial charge in [-0.25, -0.2) is 4.79 Å². The van der Waals surface area contributed by atoms with E-state index in [1.165, 1.54) is 18.9 Å². The molecule has 0 aliphatic rings. The zero-order valence-corrected chi connectivity index (χ0v) is 13.6. The van der Waals surface area contributed by atoms with E-state index in [0.717, 1.165) is 0 Å². The monoisotopic (exact) mass is 322 g/mol. The lowest BCUT2D eigenvalue weighted by atomic mass is 10.2. The lowest BCUT2D eigenvalue weighted by Crippen LogP contribution is -2.34. The standard InChI is InChI=1S/C16H22N2O5/c1-12(19)18(9-7-15(20)17-8-10-22-2)14-6-4-5-13(11-14)16(21)23-3/h4-6,11H,7-10H2,1-3H3,(H,17,20). The molecule has 0 aliphatic carbocycles. The quantitative estimate of drug-likeness (QED) is 0.569. The topological polar surface area (TPSA) is 84.9 Å². The van der Waals surface area contributed by atoms with E-state index in [1.54, 1.807) is 31.4 Å². The first-order valence-corrected chi connectivity index (χ1v) is 7.21. The molecule has 126 valence electrons. The van der Waals surface area contributed by atoms with Crippen LogP contribution in [0.2, 0.25) is 0 Å². The van der Waals surface area contributed by atoms with Crippen molar-refractivity contribution in [3.05, 3.63) is 29.8 Å². The first kappa shape index (κ1) is 18.6. The molecule has 23 heavy (non-hydrogen) atoms. The zero-order chi connectivity index (χ0) is 17.2. The van der Waals surface area contributed by atoms with E-state index in [-0.39, 0.29) is 24.8 Å². The van der Waals surface area contributed by atoms with E-state index in [0.29, 0.717) is 24.4 Å². The van der Waals surface area contributed by atoms with Gasteiger partial charge in [0.15, 0.2) is 0 Å². The molecule has 0 saturated heterocycles. The van der Waals surface area contributed by atoms with Gasteiger partial charge in [-0.3, -0.25) is 9.59 Å². The maximum Gasteiger partial charge on any atom is 0.337 e. The summed E-state index contributed by atoms with van der Waals surface area (Å²) >= 11 is 0. The lowest BCUT2D eigenvalue weighted by molar-refractivity contribution is -0.121. The van der Waals surface area contributed by atoms with Crippen LogP contribution in [-0.2, 0) is 19.1 Å². The average molecular weight is 322 g/mol. The highest BCUT2D eigenvalue weighted by molar-refractivity contribution is 5.95. The summed E-state index contributed by atoms with van der Waals surface area (Å²) in [6, 6.07) is 6.54. The number of benzene rings is 1. The Hall–Kier alpha value is -2.41. The van der Waals surface area contributed by atoms with Gasteiger partial charge >= 0.3 is 5.97 Å². The van der Waals surface area contributed by atoms with E-state index in [1.807, 2.05) is 0 Å². The van der Waals surface area contributed by atoms with Gasteiger partial charge in [-0.05, 0) is 18.2 Å². The van der Waals surface area contributed by atoms with Crippen molar-refractivity contribution in [1.29, 1.82) is 0 Å². The van der Waals surface area contributed by atoms with Crippen LogP contribution in [0.15, 0.2) is 24.3 Å². The molecule has 2 amide bonds. The molecule has 0 radical (unpaired) electrons. The van der Waals surface area contributed by atoms with Gasteiger partial charge in [0.25, 0.3) is 0 Å². The minimum absolute atomic E-state index is 0.158. The van der Waals surface area contributed by atoms with Crippen molar-refractivity contribution in [2.24, 2.45) is 0 Å². The van der Waals surface area contributed by atoms with Gasteiger partial charge in [0.1, 0.15) is 0 Å². The molecule has 0 aromatic heterocycles. The third-order valence-corrected chi connectivity index (χ3v) is 3.15. The Kier molecular flexibility index (Phi) is 7.76. The normalized spacial score (nSPS) is 10.0. The minimum atomic E-state index is -0.479. The molecule has 1 N–H and O–H groups in total. The Balaban J connectivity index is 2.73. The first-order chi connectivity index (χ1) is 11.0. The van der Waals surface area contributed by atoms with Gasteiger partial charge in [-0.2, -0.15) is 0 Å². The van der Waals surface area contributed by atoms with Gasteiger partial charge in [0.05, 0.1) is 19.3 Å². The van der Waals surface area contributed by atoms with Crippen LogP contribution < -0.4 is 10.2 Å². The maximum absolute atomic E-state index is 11.8. The van der Waals surface area contributed by atoms with Crippen LogP contribution in [0.4, 0.5) is 5.69 Å². The number of ether oxygens (including phenoxy) is 2. The van der Waals surface area contributed by atoms with Gasteiger partial charge in [0, 0.05) is 39.2 Å². The molecule has 7 nitrogen and oxygen atoms in total. The molecule has 0 atom stereocenters. The highest BCUT2D eigenvalue weighted by Crippen LogP contribution is 2.17. The van der Waals surface area contributed by atoms with Crippen LogP contribution >= 0.6 is 0 Å². The number of esters is 1. The van der Waals surface area contributed by atoms with E-state index < -0.39 is 5.97 Å².